The zero-order valence-electron chi connectivity index (χ0n) is 30.6. The number of carbonyl (C=O) groups is 4. The Morgan fingerprint density at radius 1 is 0.683 bits per heavy atom. The molecule has 32 heteroatoms. The van der Waals surface area contributed by atoms with Crippen molar-refractivity contribution in [2.24, 2.45) is 0 Å². The summed E-state index contributed by atoms with van der Waals surface area (Å²) in [7, 11) is -10.9. The van der Waals surface area contributed by atoms with Crippen LogP contribution < -0.4 is 10.6 Å². The fourth-order valence-electron chi connectivity index (χ4n) is 6.39. The van der Waals surface area contributed by atoms with E-state index in [2.05, 4.69) is 19.0 Å². The van der Waals surface area contributed by atoms with Crippen LogP contribution in [0.15, 0.2) is 11.8 Å². The number of aliphatic hydroxyl groups is 7. The monoisotopic (exact) mass is 918 g/mol. The molecule has 0 radical (unpaired) electrons. The molecule has 4 rings (SSSR count). The summed E-state index contributed by atoms with van der Waals surface area (Å²) in [5, 5.41) is 98.8. The first kappa shape index (κ1) is 49.3. The van der Waals surface area contributed by atoms with Gasteiger partial charge in [0, 0.05) is 13.8 Å². The Balaban J connectivity index is 1.68. The first-order valence-electron chi connectivity index (χ1n) is 17.0. The second-order valence-electron chi connectivity index (χ2n) is 13.3. The number of aliphatic carboxylic acids is 2. The van der Waals surface area contributed by atoms with Gasteiger partial charge in [-0.2, -0.15) is 16.8 Å². The number of aliphatic hydroxyl groups excluding tert-OH is 7. The lowest BCUT2D eigenvalue weighted by Gasteiger charge is -2.49. The molecule has 3 fully saturated rings. The van der Waals surface area contributed by atoms with E-state index in [9.17, 15) is 86.5 Å². The van der Waals surface area contributed by atoms with Crippen molar-refractivity contribution in [2.45, 2.75) is 124 Å². The summed E-state index contributed by atoms with van der Waals surface area (Å²) in [5.74, 6) is -6.60. The van der Waals surface area contributed by atoms with E-state index < -0.39 is 174 Å². The first-order valence-corrected chi connectivity index (χ1v) is 19.7. The highest BCUT2D eigenvalue weighted by Crippen LogP contribution is 2.35. The van der Waals surface area contributed by atoms with Gasteiger partial charge in [0.15, 0.2) is 25.0 Å². The van der Waals surface area contributed by atoms with Gasteiger partial charge in [-0.15, -0.1) is 0 Å². The molecule has 0 aromatic heterocycles. The molecule has 13 N–H and O–H groups in total. The lowest BCUT2D eigenvalue weighted by molar-refractivity contribution is -0.362. The van der Waals surface area contributed by atoms with Crippen molar-refractivity contribution >= 4 is 44.6 Å². The fraction of sp³-hybridized carbons (Fsp3) is 0.786. The van der Waals surface area contributed by atoms with Crippen LogP contribution in [0.2, 0.25) is 0 Å². The molecule has 4 aliphatic heterocycles. The van der Waals surface area contributed by atoms with Crippen molar-refractivity contribution in [1.29, 1.82) is 0 Å². The van der Waals surface area contributed by atoms with Crippen molar-refractivity contribution in [2.75, 3.05) is 13.2 Å². The van der Waals surface area contributed by atoms with Crippen molar-refractivity contribution in [1.82, 2.24) is 10.6 Å². The molecule has 60 heavy (non-hydrogen) atoms. The molecule has 30 nitrogen and oxygen atoms in total. The Labute approximate surface area is 336 Å². The SMILES string of the molecule is CC(=O)N[C@@H]1[C@@H](O[C@@H]2O[C@H](C(=O)O)[C@@H](O[C@@H]3O[C@H](CO)[C@H](O)[C@H](O[C@@H]4OC(C(=O)O)=C[C@H](O)[C@H]4O)[C@H]3NC(C)=O)[C@H](O)[C@H]2O)[C@@H](OS(=O)(=O)O)[C@@H](COS(=O)(=O)O)O[C@H]1O. The van der Waals surface area contributed by atoms with Crippen LogP contribution in [0.3, 0.4) is 0 Å². The van der Waals surface area contributed by atoms with E-state index in [-0.39, 0.29) is 0 Å². The standard InChI is InChI=1S/C28H42N2O28S2/c1-6(32)29-12-20(18(58-60(47,48)49)11(51-25(12)43)5-50-59(44,45)46)55-28-17(38)16(37)21(22(57-28)24(41)42)56-26-13(30-7(2)33)19(15(36)10(4-31)53-26)54-27-14(35)8(34)3-9(52-27)23(39)40/h3,8,10-22,25-28,31,34-38,43H,4-5H2,1-2H3,(H,29,32)(H,30,33)(H,39,40)(H,41,42)(H,44,45,46)(H,47,48,49)/t8-,10+,11+,12+,13+,14+,15-,16+,17+,18-,19+,20+,21-,22-,25+,26-,27-,28+/m0/s1. The minimum absolute atomic E-state index is 0.613. The molecule has 0 bridgehead atoms. The van der Waals surface area contributed by atoms with Crippen LogP contribution in [0.25, 0.3) is 0 Å². The van der Waals surface area contributed by atoms with E-state index in [1.54, 1.807) is 0 Å². The Hall–Kier alpha value is -3.36. The van der Waals surface area contributed by atoms with E-state index in [0.29, 0.717) is 6.08 Å². The lowest BCUT2D eigenvalue weighted by Crippen LogP contribution is -2.70. The molecule has 0 unspecified atom stereocenters. The second-order valence-corrected chi connectivity index (χ2v) is 15.4. The van der Waals surface area contributed by atoms with E-state index >= 15 is 0 Å². The summed E-state index contributed by atoms with van der Waals surface area (Å²) in [6.45, 7) is -0.680. The van der Waals surface area contributed by atoms with Crippen LogP contribution in [0.5, 0.6) is 0 Å². The Morgan fingerprint density at radius 3 is 1.80 bits per heavy atom. The number of carboxylic acid groups (broad SMARTS) is 2. The maximum absolute atomic E-state index is 12.6. The van der Waals surface area contributed by atoms with E-state index in [1.165, 1.54) is 0 Å². The third-order valence-corrected chi connectivity index (χ3v) is 9.84. The van der Waals surface area contributed by atoms with E-state index in [1.807, 2.05) is 0 Å². The smallest absolute Gasteiger partial charge is 0.397 e. The van der Waals surface area contributed by atoms with Gasteiger partial charge in [-0.25, -0.2) is 18.0 Å². The van der Waals surface area contributed by atoms with E-state index in [0.717, 1.165) is 13.8 Å². The minimum Gasteiger partial charge on any atom is -0.479 e. The topological polar surface area (TPSA) is 466 Å². The molecular formula is C28H42N2O28S2. The maximum Gasteiger partial charge on any atom is 0.397 e. The highest BCUT2D eigenvalue weighted by molar-refractivity contribution is 7.81. The van der Waals surface area contributed by atoms with Crippen molar-refractivity contribution in [3.63, 3.8) is 0 Å². The summed E-state index contributed by atoms with van der Waals surface area (Å²) in [6, 6.07) is -3.88. The summed E-state index contributed by atoms with van der Waals surface area (Å²) in [6.07, 6.45) is -34.9. The zero-order chi connectivity index (χ0) is 45.2. The number of carboxylic acids is 2. The number of hydrogen-bond acceptors (Lipinski definition) is 24. The van der Waals surface area contributed by atoms with Gasteiger partial charge in [-0.1, -0.05) is 0 Å². The number of rotatable bonds is 16. The maximum atomic E-state index is 12.6. The van der Waals surface area contributed by atoms with Gasteiger partial charge in [0.1, 0.15) is 79.2 Å². The third-order valence-electron chi connectivity index (χ3n) is 8.94. The molecule has 0 saturated carbocycles. The molecule has 18 atom stereocenters. The lowest BCUT2D eigenvalue weighted by atomic mass is 9.94. The molecular weight excluding hydrogens is 876 g/mol. The Kier molecular flexibility index (Phi) is 16.3. The number of ether oxygens (including phenoxy) is 7. The minimum atomic E-state index is -5.62. The number of hydrogen-bond donors (Lipinski definition) is 13. The highest BCUT2D eigenvalue weighted by atomic mass is 32.3. The number of nitrogens with one attached hydrogen (secondary N) is 2. The van der Waals surface area contributed by atoms with Gasteiger partial charge in [0.05, 0.1) is 13.2 Å². The predicted octanol–water partition coefficient (Wildman–Crippen LogP) is -8.47. The average molecular weight is 919 g/mol. The molecule has 3 saturated heterocycles. The van der Waals surface area contributed by atoms with Crippen molar-refractivity contribution < 1.29 is 133 Å². The summed E-state index contributed by atoms with van der Waals surface area (Å²) in [5.41, 5.74) is 0. The quantitative estimate of drug-likeness (QED) is 0.0639. The Bertz CT molecular complexity index is 1820. The van der Waals surface area contributed by atoms with Crippen molar-refractivity contribution in [3.05, 3.63) is 11.8 Å². The molecule has 0 spiro atoms. The summed E-state index contributed by atoms with van der Waals surface area (Å²) >= 11 is 0. The molecule has 0 aliphatic carbocycles. The Morgan fingerprint density at radius 2 is 1.27 bits per heavy atom. The highest BCUT2D eigenvalue weighted by Gasteiger charge is 2.57. The van der Waals surface area contributed by atoms with Gasteiger partial charge in [-0.05, 0) is 6.08 Å². The van der Waals surface area contributed by atoms with Gasteiger partial charge in [-0.3, -0.25) is 18.7 Å². The average Bonchev–Trinajstić information content (AvgIpc) is 3.12. The summed E-state index contributed by atoms with van der Waals surface area (Å²) in [4.78, 5) is 48.6. The van der Waals surface area contributed by atoms with Crippen LogP contribution >= 0.6 is 0 Å². The molecule has 344 valence electrons. The summed E-state index contributed by atoms with van der Waals surface area (Å²) < 4.78 is 111. The van der Waals surface area contributed by atoms with Crippen LogP contribution in [-0.2, 0) is 81.5 Å². The van der Waals surface area contributed by atoms with Crippen LogP contribution in [0, 0.1) is 0 Å². The largest absolute Gasteiger partial charge is 0.479 e. The van der Waals surface area contributed by atoms with Gasteiger partial charge < -0.3 is 89.8 Å². The fourth-order valence-corrected chi connectivity index (χ4v) is 7.21. The number of amides is 2. The predicted molar refractivity (Wildman–Crippen MR) is 177 cm³/mol. The second kappa shape index (κ2) is 19.8. The number of carbonyl (C=O) groups excluding carboxylic acids is 2. The molecule has 4 heterocycles. The molecule has 0 aromatic rings. The van der Waals surface area contributed by atoms with E-state index in [4.69, 9.17) is 37.7 Å². The third kappa shape index (κ3) is 12.2. The van der Waals surface area contributed by atoms with Gasteiger partial charge in [0.25, 0.3) is 0 Å². The molecule has 0 aromatic carbocycles. The van der Waals surface area contributed by atoms with Gasteiger partial charge in [0.2, 0.25) is 23.9 Å². The van der Waals surface area contributed by atoms with Crippen LogP contribution in [-0.4, -0.2) is 219 Å². The van der Waals surface area contributed by atoms with Crippen LogP contribution in [0.4, 0.5) is 0 Å². The van der Waals surface area contributed by atoms with Crippen molar-refractivity contribution in [3.8, 4) is 0 Å². The molecule has 4 aliphatic rings. The van der Waals surface area contributed by atoms with Gasteiger partial charge >= 0.3 is 32.7 Å². The first-order chi connectivity index (χ1) is 27.7. The normalized spacial score (nSPS) is 40.1. The molecule has 2 amide bonds. The van der Waals surface area contributed by atoms with Crippen LogP contribution in [0.1, 0.15) is 13.8 Å². The zero-order valence-corrected chi connectivity index (χ0v) is 32.2.